The van der Waals surface area contributed by atoms with Crippen LogP contribution >= 0.6 is 0 Å². The average Bonchev–Trinajstić information content (AvgIpc) is 3.11. The van der Waals surface area contributed by atoms with Crippen LogP contribution in [0.3, 0.4) is 0 Å². The largest absolute Gasteiger partial charge is 0.494 e. The van der Waals surface area contributed by atoms with Crippen molar-refractivity contribution in [2.45, 2.75) is 30.9 Å². The van der Waals surface area contributed by atoms with Crippen LogP contribution < -0.4 is 4.74 Å². The Labute approximate surface area is 165 Å². The van der Waals surface area contributed by atoms with E-state index in [1.54, 1.807) is 48.5 Å². The molecule has 154 valence electrons. The normalized spacial score (nSPS) is 13.9. The fourth-order valence-corrected chi connectivity index (χ4v) is 3.61. The maximum absolute atomic E-state index is 14.3. The number of para-hydroxylation sites is 2. The summed E-state index contributed by atoms with van der Waals surface area (Å²) in [4.78, 5) is 13.2. The van der Waals surface area contributed by atoms with E-state index in [-0.39, 0.29) is 18.6 Å². The van der Waals surface area contributed by atoms with Crippen LogP contribution in [0.4, 0.5) is 13.2 Å². The molecular formula is C21H21F3N2O3. The molecule has 0 aliphatic rings. The highest BCUT2D eigenvalue weighted by atomic mass is 19.4. The Bertz CT molecular complexity index is 956. The van der Waals surface area contributed by atoms with E-state index in [4.69, 9.17) is 4.74 Å². The third-order valence-electron chi connectivity index (χ3n) is 5.06. The number of H-pyrrole nitrogens is 1. The second-order valence-electron chi connectivity index (χ2n) is 6.94. The van der Waals surface area contributed by atoms with Gasteiger partial charge in [-0.1, -0.05) is 36.4 Å². The summed E-state index contributed by atoms with van der Waals surface area (Å²) in [5.41, 5.74) is -2.13. The first kappa shape index (κ1) is 20.7. The Kier molecular flexibility index (Phi) is 6.10. The molecule has 0 aliphatic carbocycles. The van der Waals surface area contributed by atoms with E-state index in [0.29, 0.717) is 23.1 Å². The van der Waals surface area contributed by atoms with Crippen LogP contribution in [0.25, 0.3) is 10.9 Å². The standard InChI is InChI=1S/C21H21F3N2O3/c22-21(23,24)20(15-26(27)28,18-14-25-19-11-5-4-10-17(18)19)12-6-7-13-29-16-8-2-1-3-9-16/h1-5,8-11,14,25H,6-7,12-13,15H2/t20-/m1/s1. The molecule has 29 heavy (non-hydrogen) atoms. The zero-order valence-electron chi connectivity index (χ0n) is 15.6. The van der Waals surface area contributed by atoms with Crippen LogP contribution in [0.15, 0.2) is 60.8 Å². The number of unbranched alkanes of at least 4 members (excludes halogenated alkanes) is 1. The third kappa shape index (κ3) is 4.52. The van der Waals surface area contributed by atoms with Crippen molar-refractivity contribution in [1.82, 2.24) is 4.98 Å². The average molecular weight is 406 g/mol. The lowest BCUT2D eigenvalue weighted by atomic mass is 9.75. The van der Waals surface area contributed by atoms with Gasteiger partial charge in [-0.05, 0) is 43.0 Å². The van der Waals surface area contributed by atoms with Gasteiger partial charge in [-0.25, -0.2) is 0 Å². The Morgan fingerprint density at radius 3 is 2.38 bits per heavy atom. The molecule has 0 spiro atoms. The van der Waals surface area contributed by atoms with Crippen LogP contribution in [0, 0.1) is 10.1 Å². The van der Waals surface area contributed by atoms with Crippen molar-refractivity contribution in [3.05, 3.63) is 76.5 Å². The lowest BCUT2D eigenvalue weighted by Crippen LogP contribution is -2.47. The van der Waals surface area contributed by atoms with Crippen molar-refractivity contribution in [1.29, 1.82) is 0 Å². The fraction of sp³-hybridized carbons (Fsp3) is 0.333. The molecule has 0 bridgehead atoms. The van der Waals surface area contributed by atoms with Crippen LogP contribution in [0.2, 0.25) is 0 Å². The molecule has 0 unspecified atom stereocenters. The molecular weight excluding hydrogens is 385 g/mol. The second-order valence-corrected chi connectivity index (χ2v) is 6.94. The molecule has 8 heteroatoms. The molecule has 1 N–H and O–H groups in total. The van der Waals surface area contributed by atoms with E-state index in [2.05, 4.69) is 4.98 Å². The Hall–Kier alpha value is -3.03. The Balaban J connectivity index is 1.82. The smallest absolute Gasteiger partial charge is 0.404 e. The van der Waals surface area contributed by atoms with Crippen LogP contribution in [0.1, 0.15) is 24.8 Å². The van der Waals surface area contributed by atoms with Gasteiger partial charge in [-0.2, -0.15) is 13.2 Å². The number of nitro groups is 1. The predicted molar refractivity (Wildman–Crippen MR) is 104 cm³/mol. The number of ether oxygens (including phenoxy) is 1. The SMILES string of the molecule is O=[N+]([O-])C[C@](CCCCOc1ccccc1)(c1c[nH]c2ccccc12)C(F)(F)F. The van der Waals surface area contributed by atoms with Crippen molar-refractivity contribution in [3.8, 4) is 5.75 Å². The summed E-state index contributed by atoms with van der Waals surface area (Å²) in [7, 11) is 0. The van der Waals surface area contributed by atoms with Gasteiger partial charge in [0.2, 0.25) is 6.54 Å². The van der Waals surface area contributed by atoms with Gasteiger partial charge < -0.3 is 9.72 Å². The van der Waals surface area contributed by atoms with Gasteiger partial charge in [0.15, 0.2) is 5.41 Å². The summed E-state index contributed by atoms with van der Waals surface area (Å²) in [6, 6.07) is 15.5. The Morgan fingerprint density at radius 2 is 1.69 bits per heavy atom. The van der Waals surface area contributed by atoms with Gasteiger partial charge in [0, 0.05) is 22.0 Å². The fourth-order valence-electron chi connectivity index (χ4n) is 3.61. The van der Waals surface area contributed by atoms with E-state index >= 15 is 0 Å². The number of fused-ring (bicyclic) bond motifs is 1. The number of rotatable bonds is 9. The number of hydrogen-bond donors (Lipinski definition) is 1. The first-order valence-corrected chi connectivity index (χ1v) is 9.26. The zero-order valence-corrected chi connectivity index (χ0v) is 15.6. The molecule has 0 saturated heterocycles. The summed E-state index contributed by atoms with van der Waals surface area (Å²) in [5, 5.41) is 11.6. The second kappa shape index (κ2) is 8.55. The topological polar surface area (TPSA) is 68.2 Å². The van der Waals surface area contributed by atoms with E-state index in [0.717, 1.165) is 0 Å². The van der Waals surface area contributed by atoms with E-state index < -0.39 is 29.5 Å². The van der Waals surface area contributed by atoms with Crippen molar-refractivity contribution < 1.29 is 22.8 Å². The molecule has 3 aromatic rings. The predicted octanol–water partition coefficient (Wildman–Crippen LogP) is 5.49. The quantitative estimate of drug-likeness (QED) is 0.290. The molecule has 0 amide bonds. The minimum atomic E-state index is -4.77. The summed E-state index contributed by atoms with van der Waals surface area (Å²) < 4.78 is 48.3. The molecule has 0 fully saturated rings. The minimum Gasteiger partial charge on any atom is -0.494 e. The van der Waals surface area contributed by atoms with Gasteiger partial charge in [0.25, 0.3) is 0 Å². The van der Waals surface area contributed by atoms with E-state index in [1.807, 2.05) is 6.07 Å². The maximum atomic E-state index is 14.3. The number of nitrogens with one attached hydrogen (secondary N) is 1. The molecule has 0 radical (unpaired) electrons. The maximum Gasteiger partial charge on any atom is 0.404 e. The van der Waals surface area contributed by atoms with E-state index in [1.165, 1.54) is 6.20 Å². The Morgan fingerprint density at radius 1 is 1.00 bits per heavy atom. The monoisotopic (exact) mass is 406 g/mol. The van der Waals surface area contributed by atoms with E-state index in [9.17, 15) is 23.3 Å². The highest BCUT2D eigenvalue weighted by Gasteiger charge is 2.59. The number of halogens is 3. The summed E-state index contributed by atoms with van der Waals surface area (Å²) in [6.07, 6.45) is -3.42. The molecule has 1 atom stereocenters. The number of alkyl halides is 3. The highest BCUT2D eigenvalue weighted by molar-refractivity contribution is 5.84. The summed E-state index contributed by atoms with van der Waals surface area (Å²) in [5.74, 6) is 0.636. The zero-order chi connectivity index (χ0) is 20.9. The van der Waals surface area contributed by atoms with Crippen molar-refractivity contribution >= 4 is 10.9 Å². The van der Waals surface area contributed by atoms with Gasteiger partial charge in [0.05, 0.1) is 6.61 Å². The highest BCUT2D eigenvalue weighted by Crippen LogP contribution is 2.47. The number of aromatic amines is 1. The van der Waals surface area contributed by atoms with Crippen LogP contribution in [-0.2, 0) is 5.41 Å². The van der Waals surface area contributed by atoms with Crippen molar-refractivity contribution in [2.24, 2.45) is 0 Å². The molecule has 2 aromatic carbocycles. The van der Waals surface area contributed by atoms with Crippen LogP contribution in [0.5, 0.6) is 5.75 Å². The molecule has 1 aromatic heterocycles. The third-order valence-corrected chi connectivity index (χ3v) is 5.06. The first-order valence-electron chi connectivity index (χ1n) is 9.26. The van der Waals surface area contributed by atoms with Gasteiger partial charge >= 0.3 is 6.18 Å². The molecule has 0 saturated carbocycles. The molecule has 1 heterocycles. The lowest BCUT2D eigenvalue weighted by molar-refractivity contribution is -0.502. The van der Waals surface area contributed by atoms with Crippen molar-refractivity contribution in [2.75, 3.05) is 13.2 Å². The van der Waals surface area contributed by atoms with Gasteiger partial charge in [0.1, 0.15) is 5.75 Å². The number of benzene rings is 2. The van der Waals surface area contributed by atoms with Crippen molar-refractivity contribution in [3.63, 3.8) is 0 Å². The summed E-state index contributed by atoms with van der Waals surface area (Å²) in [6.45, 7) is -0.970. The van der Waals surface area contributed by atoms with Gasteiger partial charge in [-0.15, -0.1) is 0 Å². The minimum absolute atomic E-state index is 0.0822. The summed E-state index contributed by atoms with van der Waals surface area (Å²) >= 11 is 0. The van der Waals surface area contributed by atoms with Gasteiger partial charge in [-0.3, -0.25) is 10.1 Å². The lowest BCUT2D eigenvalue weighted by Gasteiger charge is -2.32. The molecule has 3 rings (SSSR count). The van der Waals surface area contributed by atoms with Crippen LogP contribution in [-0.4, -0.2) is 29.2 Å². The first-order chi connectivity index (χ1) is 13.8. The number of aromatic nitrogens is 1. The molecule has 5 nitrogen and oxygen atoms in total. The number of nitrogens with zero attached hydrogens (tertiary/aromatic N) is 1. The number of hydrogen-bond acceptors (Lipinski definition) is 3. The molecule has 0 aliphatic heterocycles.